The molecule has 0 radical (unpaired) electrons. The van der Waals surface area contributed by atoms with Crippen LogP contribution in [0.2, 0.25) is 0 Å². The fourth-order valence-electron chi connectivity index (χ4n) is 3.17. The largest absolute Gasteiger partial charge is 0.491 e. The fourth-order valence-corrected chi connectivity index (χ4v) is 3.17. The minimum absolute atomic E-state index is 0.512. The van der Waals surface area contributed by atoms with Crippen molar-refractivity contribution in [2.24, 2.45) is 4.99 Å². The number of aromatic nitrogens is 3. The number of nitrogens with zero attached hydrogens (tertiary/aromatic N) is 4. The van der Waals surface area contributed by atoms with E-state index in [0.717, 1.165) is 28.3 Å². The first-order valence-corrected chi connectivity index (χ1v) is 9.85. The molecule has 30 heavy (non-hydrogen) atoms. The minimum Gasteiger partial charge on any atom is -0.491 e. The number of hydrogen-bond acceptors (Lipinski definition) is 4. The van der Waals surface area contributed by atoms with E-state index in [-0.39, 0.29) is 0 Å². The van der Waals surface area contributed by atoms with Crippen molar-refractivity contribution in [1.82, 2.24) is 25.2 Å². The predicted octanol–water partition coefficient (Wildman–Crippen LogP) is 3.14. The summed E-state index contributed by atoms with van der Waals surface area (Å²) in [6.45, 7) is 1.64. The topological polar surface area (TPSA) is 75.8 Å². The summed E-state index contributed by atoms with van der Waals surface area (Å²) in [4.78, 5) is 4.26. The maximum Gasteiger partial charge on any atom is 0.191 e. The van der Waals surface area contributed by atoms with Crippen molar-refractivity contribution in [1.29, 1.82) is 0 Å². The zero-order valence-corrected chi connectivity index (χ0v) is 16.8. The Morgan fingerprint density at radius 3 is 2.60 bits per heavy atom. The van der Waals surface area contributed by atoms with E-state index in [1.807, 2.05) is 65.2 Å². The van der Waals surface area contributed by atoms with Gasteiger partial charge >= 0.3 is 0 Å². The molecule has 2 heterocycles. The van der Waals surface area contributed by atoms with Gasteiger partial charge in [0.25, 0.3) is 0 Å². The number of guanidine groups is 1. The summed E-state index contributed by atoms with van der Waals surface area (Å²) in [5.74, 6) is 2.37. The van der Waals surface area contributed by atoms with Crippen LogP contribution < -0.4 is 15.4 Å². The van der Waals surface area contributed by atoms with Crippen molar-refractivity contribution in [3.63, 3.8) is 0 Å². The number of fused-ring (bicyclic) bond motifs is 1. The van der Waals surface area contributed by atoms with Crippen LogP contribution >= 0.6 is 0 Å². The molecule has 0 atom stereocenters. The van der Waals surface area contributed by atoms with Gasteiger partial charge in [0.1, 0.15) is 12.4 Å². The molecule has 7 heteroatoms. The number of aliphatic imine (C=N–C) groups is 1. The first-order chi connectivity index (χ1) is 14.8. The SMILES string of the molecule is CN=C(NCCOc1ccccc1-c1ccccc1)NCc1nnc2ccccn12. The smallest absolute Gasteiger partial charge is 0.191 e. The maximum absolute atomic E-state index is 6.02. The standard InChI is InChI=1S/C23H24N6O/c1-24-23(26-17-22-28-27-21-13-7-8-15-29(21)22)25-14-16-30-20-12-6-5-11-19(20)18-9-3-2-4-10-18/h2-13,15H,14,16-17H2,1H3,(H2,24,25,26). The van der Waals surface area contributed by atoms with Crippen LogP contribution in [0.3, 0.4) is 0 Å². The molecule has 0 aliphatic heterocycles. The summed E-state index contributed by atoms with van der Waals surface area (Å²) in [6, 6.07) is 24.1. The second-order valence-electron chi connectivity index (χ2n) is 6.61. The van der Waals surface area contributed by atoms with Gasteiger partial charge in [-0.25, -0.2) is 0 Å². The van der Waals surface area contributed by atoms with Crippen LogP contribution in [0.5, 0.6) is 5.75 Å². The second kappa shape index (κ2) is 9.56. The van der Waals surface area contributed by atoms with Crippen molar-refractivity contribution in [3.05, 3.63) is 84.8 Å². The van der Waals surface area contributed by atoms with E-state index >= 15 is 0 Å². The van der Waals surface area contributed by atoms with Gasteiger partial charge in [-0.3, -0.25) is 9.39 Å². The predicted molar refractivity (Wildman–Crippen MR) is 119 cm³/mol. The van der Waals surface area contributed by atoms with Gasteiger partial charge < -0.3 is 15.4 Å². The maximum atomic E-state index is 6.02. The van der Waals surface area contributed by atoms with E-state index in [1.165, 1.54) is 0 Å². The molecule has 2 aromatic heterocycles. The molecule has 0 bridgehead atoms. The Bertz CT molecular complexity index is 1120. The van der Waals surface area contributed by atoms with E-state index in [0.29, 0.717) is 25.7 Å². The molecule has 7 nitrogen and oxygen atoms in total. The summed E-state index contributed by atoms with van der Waals surface area (Å²) in [7, 11) is 1.74. The lowest BCUT2D eigenvalue weighted by atomic mass is 10.1. The second-order valence-corrected chi connectivity index (χ2v) is 6.61. The minimum atomic E-state index is 0.512. The Balaban J connectivity index is 1.29. The van der Waals surface area contributed by atoms with Gasteiger partial charge in [-0.1, -0.05) is 54.6 Å². The zero-order chi connectivity index (χ0) is 20.6. The van der Waals surface area contributed by atoms with Crippen molar-refractivity contribution in [3.8, 4) is 16.9 Å². The van der Waals surface area contributed by atoms with Crippen LogP contribution in [-0.4, -0.2) is 40.8 Å². The quantitative estimate of drug-likeness (QED) is 0.283. The number of hydrogen-bond donors (Lipinski definition) is 2. The van der Waals surface area contributed by atoms with Crippen molar-refractivity contribution in [2.75, 3.05) is 20.2 Å². The molecule has 0 amide bonds. The summed E-state index contributed by atoms with van der Waals surface area (Å²) in [5, 5.41) is 14.9. The van der Waals surface area contributed by atoms with Crippen LogP contribution in [0.4, 0.5) is 0 Å². The summed E-state index contributed by atoms with van der Waals surface area (Å²) in [5.41, 5.74) is 3.04. The first-order valence-electron chi connectivity index (χ1n) is 9.85. The summed E-state index contributed by atoms with van der Waals surface area (Å²) in [6.07, 6.45) is 1.94. The Kier molecular flexibility index (Phi) is 6.19. The molecule has 4 rings (SSSR count). The highest BCUT2D eigenvalue weighted by atomic mass is 16.5. The van der Waals surface area contributed by atoms with E-state index < -0.39 is 0 Å². The lowest BCUT2D eigenvalue weighted by molar-refractivity contribution is 0.323. The van der Waals surface area contributed by atoms with Gasteiger partial charge in [0.15, 0.2) is 17.4 Å². The molecule has 0 unspecified atom stereocenters. The normalized spacial score (nSPS) is 11.4. The number of pyridine rings is 1. The van der Waals surface area contributed by atoms with E-state index in [1.54, 1.807) is 7.05 Å². The monoisotopic (exact) mass is 400 g/mol. The summed E-state index contributed by atoms with van der Waals surface area (Å²) < 4.78 is 7.97. The molecule has 0 saturated heterocycles. The van der Waals surface area contributed by atoms with Gasteiger partial charge in [-0.2, -0.15) is 0 Å². The molecule has 2 aromatic carbocycles. The first kappa shape index (κ1) is 19.4. The van der Waals surface area contributed by atoms with Gasteiger partial charge in [0, 0.05) is 18.8 Å². The van der Waals surface area contributed by atoms with Crippen molar-refractivity contribution < 1.29 is 4.74 Å². The van der Waals surface area contributed by atoms with Gasteiger partial charge in [-0.05, 0) is 23.8 Å². The highest BCUT2D eigenvalue weighted by Gasteiger charge is 2.07. The Hall–Kier alpha value is -3.87. The van der Waals surface area contributed by atoms with Crippen LogP contribution in [-0.2, 0) is 6.54 Å². The van der Waals surface area contributed by atoms with Crippen LogP contribution in [0, 0.1) is 0 Å². The molecule has 0 saturated carbocycles. The van der Waals surface area contributed by atoms with Crippen molar-refractivity contribution in [2.45, 2.75) is 6.54 Å². The van der Waals surface area contributed by atoms with Crippen molar-refractivity contribution >= 4 is 11.6 Å². The van der Waals surface area contributed by atoms with Gasteiger partial charge in [0.05, 0.1) is 13.1 Å². The molecule has 2 N–H and O–H groups in total. The molecule has 0 aliphatic rings. The van der Waals surface area contributed by atoms with E-state index in [9.17, 15) is 0 Å². The van der Waals surface area contributed by atoms with Crippen LogP contribution in [0.15, 0.2) is 84.0 Å². The number of nitrogens with one attached hydrogen (secondary N) is 2. The lowest BCUT2D eigenvalue weighted by Gasteiger charge is -2.14. The third-order valence-corrected chi connectivity index (χ3v) is 4.65. The fraction of sp³-hybridized carbons (Fsp3) is 0.174. The average molecular weight is 400 g/mol. The molecular weight excluding hydrogens is 376 g/mol. The third-order valence-electron chi connectivity index (χ3n) is 4.65. The Labute approximate surface area is 175 Å². The summed E-state index contributed by atoms with van der Waals surface area (Å²) >= 11 is 0. The molecule has 4 aromatic rings. The number of para-hydroxylation sites is 1. The molecule has 0 spiro atoms. The molecule has 152 valence electrons. The Morgan fingerprint density at radius 2 is 1.73 bits per heavy atom. The highest BCUT2D eigenvalue weighted by molar-refractivity contribution is 5.79. The average Bonchev–Trinajstić information content (AvgIpc) is 3.22. The van der Waals surface area contributed by atoms with Crippen LogP contribution in [0.25, 0.3) is 16.8 Å². The van der Waals surface area contributed by atoms with E-state index in [4.69, 9.17) is 4.74 Å². The van der Waals surface area contributed by atoms with Gasteiger partial charge in [0.2, 0.25) is 0 Å². The lowest BCUT2D eigenvalue weighted by Crippen LogP contribution is -2.39. The number of rotatable bonds is 7. The van der Waals surface area contributed by atoms with Gasteiger partial charge in [-0.15, -0.1) is 10.2 Å². The number of ether oxygens (including phenoxy) is 1. The molecule has 0 aliphatic carbocycles. The molecular formula is C23H24N6O. The molecule has 0 fully saturated rings. The Morgan fingerprint density at radius 1 is 0.933 bits per heavy atom. The van der Waals surface area contributed by atoms with E-state index in [2.05, 4.69) is 44.0 Å². The number of benzene rings is 2. The highest BCUT2D eigenvalue weighted by Crippen LogP contribution is 2.29. The van der Waals surface area contributed by atoms with Crippen LogP contribution in [0.1, 0.15) is 5.82 Å². The zero-order valence-electron chi connectivity index (χ0n) is 16.8. The third kappa shape index (κ3) is 4.57.